The molecule has 0 aliphatic rings. The van der Waals surface area contributed by atoms with E-state index in [9.17, 15) is 0 Å². The van der Waals surface area contributed by atoms with E-state index in [-0.39, 0.29) is 6.61 Å². The van der Waals surface area contributed by atoms with Crippen molar-refractivity contribution >= 4 is 0 Å². The maximum Gasteiger partial charge on any atom is 0.0462 e. The van der Waals surface area contributed by atoms with Gasteiger partial charge in [0.2, 0.25) is 0 Å². The summed E-state index contributed by atoms with van der Waals surface area (Å²) in [6.07, 6.45) is 0. The molecule has 0 unspecified atom stereocenters. The lowest BCUT2D eigenvalue weighted by Gasteiger charge is -2.17. The topological polar surface area (TPSA) is 20.2 Å². The van der Waals surface area contributed by atoms with Crippen LogP contribution in [-0.2, 0) is 0 Å². The zero-order valence-electron chi connectivity index (χ0n) is 7.70. The Kier molecular flexibility index (Phi) is 3.30. The van der Waals surface area contributed by atoms with Crippen LogP contribution in [0, 0.1) is 5.92 Å². The van der Waals surface area contributed by atoms with E-state index in [2.05, 4.69) is 26.0 Å². The summed E-state index contributed by atoms with van der Waals surface area (Å²) >= 11 is 0. The third kappa shape index (κ3) is 2.08. The van der Waals surface area contributed by atoms with Crippen molar-refractivity contribution in [2.45, 2.75) is 19.8 Å². The Morgan fingerprint density at radius 2 is 1.75 bits per heavy atom. The van der Waals surface area contributed by atoms with E-state index in [4.69, 9.17) is 5.11 Å². The summed E-state index contributed by atoms with van der Waals surface area (Å²) in [7, 11) is 0. The Bertz CT molecular complexity index is 218. The van der Waals surface area contributed by atoms with Gasteiger partial charge in [-0.15, -0.1) is 0 Å². The van der Waals surface area contributed by atoms with Gasteiger partial charge in [-0.1, -0.05) is 44.2 Å². The van der Waals surface area contributed by atoms with Crippen molar-refractivity contribution in [2.24, 2.45) is 5.92 Å². The van der Waals surface area contributed by atoms with Crippen LogP contribution in [0.2, 0.25) is 0 Å². The predicted octanol–water partition coefficient (Wildman–Crippen LogP) is 2.42. The molecule has 0 fully saturated rings. The summed E-state index contributed by atoms with van der Waals surface area (Å²) in [5, 5.41) is 8.97. The Morgan fingerprint density at radius 3 is 2.25 bits per heavy atom. The van der Waals surface area contributed by atoms with E-state index in [0.29, 0.717) is 11.8 Å². The first-order valence-corrected chi connectivity index (χ1v) is 4.41. The van der Waals surface area contributed by atoms with Crippen LogP contribution in [0.15, 0.2) is 30.3 Å². The third-order valence-electron chi connectivity index (χ3n) is 2.47. The zero-order chi connectivity index (χ0) is 8.97. The van der Waals surface area contributed by atoms with Crippen molar-refractivity contribution < 1.29 is 5.11 Å². The molecule has 1 aromatic rings. The normalized spacial score (nSPS) is 15.6. The van der Waals surface area contributed by atoms with E-state index >= 15 is 0 Å². The van der Waals surface area contributed by atoms with Crippen LogP contribution < -0.4 is 0 Å². The van der Waals surface area contributed by atoms with Gasteiger partial charge in [-0.3, -0.25) is 0 Å². The minimum Gasteiger partial charge on any atom is -0.396 e. The first-order chi connectivity index (χ1) is 5.75. The van der Waals surface area contributed by atoms with Gasteiger partial charge < -0.3 is 5.11 Å². The second kappa shape index (κ2) is 4.27. The van der Waals surface area contributed by atoms with Gasteiger partial charge in [0.1, 0.15) is 0 Å². The Balaban J connectivity index is 2.71. The molecule has 0 saturated carbocycles. The first-order valence-electron chi connectivity index (χ1n) is 4.41. The summed E-state index contributed by atoms with van der Waals surface area (Å²) in [6, 6.07) is 10.3. The molecule has 0 aliphatic heterocycles. The van der Waals surface area contributed by atoms with Gasteiger partial charge in [0.15, 0.2) is 0 Å². The molecule has 12 heavy (non-hydrogen) atoms. The summed E-state index contributed by atoms with van der Waals surface area (Å²) in [5.41, 5.74) is 1.30. The van der Waals surface area contributed by atoms with Gasteiger partial charge in [0.05, 0.1) is 0 Å². The van der Waals surface area contributed by atoms with Crippen molar-refractivity contribution in [3.05, 3.63) is 35.9 Å². The minimum atomic E-state index is 0.260. The number of aliphatic hydroxyl groups is 1. The zero-order valence-corrected chi connectivity index (χ0v) is 7.70. The van der Waals surface area contributed by atoms with Gasteiger partial charge in [-0.2, -0.15) is 0 Å². The average Bonchev–Trinajstić information content (AvgIpc) is 2.17. The number of benzene rings is 1. The molecule has 2 atom stereocenters. The lowest BCUT2D eigenvalue weighted by molar-refractivity contribution is 0.220. The highest BCUT2D eigenvalue weighted by molar-refractivity contribution is 5.19. The van der Waals surface area contributed by atoms with E-state index in [1.54, 1.807) is 0 Å². The van der Waals surface area contributed by atoms with Crippen molar-refractivity contribution in [2.75, 3.05) is 6.61 Å². The smallest absolute Gasteiger partial charge is 0.0462 e. The fourth-order valence-electron chi connectivity index (χ4n) is 1.24. The average molecular weight is 164 g/mol. The first kappa shape index (κ1) is 9.27. The number of hydrogen-bond donors (Lipinski definition) is 1. The van der Waals surface area contributed by atoms with Crippen LogP contribution in [0.5, 0.6) is 0 Å². The van der Waals surface area contributed by atoms with E-state index in [1.165, 1.54) is 5.56 Å². The molecular weight excluding hydrogens is 148 g/mol. The Morgan fingerprint density at radius 1 is 1.17 bits per heavy atom. The molecule has 0 bridgehead atoms. The number of rotatable bonds is 3. The summed E-state index contributed by atoms with van der Waals surface area (Å²) in [6.45, 7) is 4.48. The molecule has 0 heterocycles. The van der Waals surface area contributed by atoms with Crippen LogP contribution in [0.25, 0.3) is 0 Å². The second-order valence-corrected chi connectivity index (χ2v) is 3.36. The summed E-state index contributed by atoms with van der Waals surface area (Å²) in [5.74, 6) is 0.781. The van der Waals surface area contributed by atoms with Gasteiger partial charge in [-0.25, -0.2) is 0 Å². The number of hydrogen-bond acceptors (Lipinski definition) is 1. The monoisotopic (exact) mass is 164 g/mol. The highest BCUT2D eigenvalue weighted by Crippen LogP contribution is 2.22. The van der Waals surface area contributed by atoms with Crippen molar-refractivity contribution in [3.63, 3.8) is 0 Å². The molecule has 0 radical (unpaired) electrons. The lowest BCUT2D eigenvalue weighted by Crippen LogP contribution is -2.09. The van der Waals surface area contributed by atoms with Gasteiger partial charge in [0, 0.05) is 6.61 Å². The molecule has 1 heteroatoms. The maximum atomic E-state index is 8.97. The summed E-state index contributed by atoms with van der Waals surface area (Å²) < 4.78 is 0. The van der Waals surface area contributed by atoms with Gasteiger partial charge in [0.25, 0.3) is 0 Å². The fraction of sp³-hybridized carbons (Fsp3) is 0.455. The lowest BCUT2D eigenvalue weighted by atomic mass is 9.90. The standard InChI is InChI=1S/C11H16O/c1-9(8-12)10(2)11-6-4-3-5-7-11/h3-7,9-10,12H,8H2,1-2H3/t9-,10+/m0/s1. The molecule has 0 aliphatic carbocycles. The van der Waals surface area contributed by atoms with E-state index in [1.807, 2.05) is 18.2 Å². The number of aliphatic hydroxyl groups excluding tert-OH is 1. The van der Waals surface area contributed by atoms with Crippen LogP contribution >= 0.6 is 0 Å². The molecule has 1 nitrogen and oxygen atoms in total. The highest BCUT2D eigenvalue weighted by Gasteiger charge is 2.11. The maximum absolute atomic E-state index is 8.97. The van der Waals surface area contributed by atoms with Crippen LogP contribution in [0.4, 0.5) is 0 Å². The largest absolute Gasteiger partial charge is 0.396 e. The van der Waals surface area contributed by atoms with Gasteiger partial charge in [-0.05, 0) is 17.4 Å². The van der Waals surface area contributed by atoms with Crippen LogP contribution in [0.3, 0.4) is 0 Å². The second-order valence-electron chi connectivity index (χ2n) is 3.36. The molecular formula is C11H16O. The highest BCUT2D eigenvalue weighted by atomic mass is 16.3. The SMILES string of the molecule is C[C@@H](CO)[C@@H](C)c1ccccc1. The fourth-order valence-corrected chi connectivity index (χ4v) is 1.24. The van der Waals surface area contributed by atoms with Crippen molar-refractivity contribution in [3.8, 4) is 0 Å². The van der Waals surface area contributed by atoms with Crippen LogP contribution in [-0.4, -0.2) is 11.7 Å². The molecule has 0 amide bonds. The molecule has 1 aromatic carbocycles. The predicted molar refractivity (Wildman–Crippen MR) is 51.1 cm³/mol. The molecule has 1 N–H and O–H groups in total. The van der Waals surface area contributed by atoms with E-state index in [0.717, 1.165) is 0 Å². The van der Waals surface area contributed by atoms with Crippen molar-refractivity contribution in [1.29, 1.82) is 0 Å². The Hall–Kier alpha value is -0.820. The summed E-state index contributed by atoms with van der Waals surface area (Å²) in [4.78, 5) is 0. The third-order valence-corrected chi connectivity index (χ3v) is 2.47. The molecule has 1 rings (SSSR count). The van der Waals surface area contributed by atoms with Crippen molar-refractivity contribution in [1.82, 2.24) is 0 Å². The molecule has 66 valence electrons. The van der Waals surface area contributed by atoms with E-state index < -0.39 is 0 Å². The quantitative estimate of drug-likeness (QED) is 0.727. The molecule has 0 spiro atoms. The molecule has 0 saturated heterocycles. The van der Waals surface area contributed by atoms with Gasteiger partial charge >= 0.3 is 0 Å². The van der Waals surface area contributed by atoms with Crippen LogP contribution in [0.1, 0.15) is 25.3 Å². The Labute approximate surface area is 74.1 Å². The minimum absolute atomic E-state index is 0.260. The molecule has 0 aromatic heterocycles.